The zero-order valence-electron chi connectivity index (χ0n) is 10.9. The normalized spacial score (nSPS) is 24.6. The Morgan fingerprint density at radius 2 is 1.95 bits per heavy atom. The fraction of sp³-hybridized carbons (Fsp3) is 0.750. The van der Waals surface area contributed by atoms with Crippen molar-refractivity contribution in [3.63, 3.8) is 0 Å². The molecule has 2 aliphatic heterocycles. The van der Waals surface area contributed by atoms with Crippen molar-refractivity contribution in [2.75, 3.05) is 32.7 Å². The fourth-order valence-corrected chi connectivity index (χ4v) is 2.63. The highest BCUT2D eigenvalue weighted by Crippen LogP contribution is 2.19. The number of amides is 4. The molecule has 2 fully saturated rings. The van der Waals surface area contributed by atoms with Crippen LogP contribution in [0, 0.1) is 5.92 Å². The van der Waals surface area contributed by atoms with E-state index in [-0.39, 0.29) is 24.3 Å². The van der Waals surface area contributed by atoms with E-state index in [2.05, 4.69) is 5.32 Å². The number of rotatable bonds is 1. The standard InChI is InChI=1S/C12H20N4O3/c13-12(19)16-5-1-3-9(7-16)11(18)15-6-2-4-14-10(17)8-15/h9H,1-8H2,(H2,13,19)(H,14,17). The van der Waals surface area contributed by atoms with Crippen molar-refractivity contribution in [3.8, 4) is 0 Å². The molecule has 0 aliphatic carbocycles. The lowest BCUT2D eigenvalue weighted by Gasteiger charge is -2.33. The lowest BCUT2D eigenvalue weighted by atomic mass is 9.96. The first-order valence-electron chi connectivity index (χ1n) is 6.68. The molecule has 7 nitrogen and oxygen atoms in total. The number of hydrogen-bond acceptors (Lipinski definition) is 3. The van der Waals surface area contributed by atoms with Crippen LogP contribution in [0.5, 0.6) is 0 Å². The monoisotopic (exact) mass is 268 g/mol. The van der Waals surface area contributed by atoms with Crippen LogP contribution in [0.15, 0.2) is 0 Å². The van der Waals surface area contributed by atoms with E-state index in [1.165, 1.54) is 4.90 Å². The van der Waals surface area contributed by atoms with Crippen molar-refractivity contribution in [1.82, 2.24) is 15.1 Å². The van der Waals surface area contributed by atoms with E-state index in [0.29, 0.717) is 26.2 Å². The summed E-state index contributed by atoms with van der Waals surface area (Å²) in [6, 6.07) is -0.480. The molecule has 0 saturated carbocycles. The van der Waals surface area contributed by atoms with Crippen LogP contribution < -0.4 is 11.1 Å². The first-order valence-corrected chi connectivity index (χ1v) is 6.68. The van der Waals surface area contributed by atoms with Crippen LogP contribution in [0.25, 0.3) is 0 Å². The maximum atomic E-state index is 12.4. The lowest BCUT2D eigenvalue weighted by molar-refractivity contribution is -0.139. The molecule has 0 aromatic heterocycles. The number of hydrogen-bond donors (Lipinski definition) is 2. The Labute approximate surface area is 112 Å². The zero-order valence-corrected chi connectivity index (χ0v) is 10.9. The molecule has 1 unspecified atom stereocenters. The van der Waals surface area contributed by atoms with Crippen molar-refractivity contribution in [2.24, 2.45) is 11.7 Å². The molecule has 106 valence electrons. The lowest BCUT2D eigenvalue weighted by Crippen LogP contribution is -2.49. The Hall–Kier alpha value is -1.79. The number of piperidine rings is 1. The third-order valence-corrected chi connectivity index (χ3v) is 3.66. The fourth-order valence-electron chi connectivity index (χ4n) is 2.63. The number of likely N-dealkylation sites (tertiary alicyclic amines) is 1. The molecule has 0 bridgehead atoms. The summed E-state index contributed by atoms with van der Waals surface area (Å²) < 4.78 is 0. The number of nitrogens with zero attached hydrogens (tertiary/aromatic N) is 2. The van der Waals surface area contributed by atoms with Crippen LogP contribution in [0.2, 0.25) is 0 Å². The smallest absolute Gasteiger partial charge is 0.314 e. The predicted molar refractivity (Wildman–Crippen MR) is 68.1 cm³/mol. The van der Waals surface area contributed by atoms with Gasteiger partial charge in [0.15, 0.2) is 0 Å². The van der Waals surface area contributed by atoms with Gasteiger partial charge in [-0.05, 0) is 19.3 Å². The highest BCUT2D eigenvalue weighted by molar-refractivity contribution is 5.86. The number of nitrogens with one attached hydrogen (secondary N) is 1. The summed E-state index contributed by atoms with van der Waals surface area (Å²) in [5, 5.41) is 2.74. The molecule has 2 aliphatic rings. The summed E-state index contributed by atoms with van der Waals surface area (Å²) in [7, 11) is 0. The number of carbonyl (C=O) groups excluding carboxylic acids is 3. The van der Waals surface area contributed by atoms with Gasteiger partial charge in [0, 0.05) is 26.2 Å². The van der Waals surface area contributed by atoms with E-state index in [1.807, 2.05) is 0 Å². The van der Waals surface area contributed by atoms with E-state index in [0.717, 1.165) is 19.3 Å². The summed E-state index contributed by atoms with van der Waals surface area (Å²) in [6.45, 7) is 2.29. The van der Waals surface area contributed by atoms with Crippen molar-refractivity contribution < 1.29 is 14.4 Å². The second kappa shape index (κ2) is 5.90. The van der Waals surface area contributed by atoms with Crippen LogP contribution in [-0.2, 0) is 9.59 Å². The molecule has 4 amide bonds. The Morgan fingerprint density at radius 3 is 2.68 bits per heavy atom. The van der Waals surface area contributed by atoms with E-state index in [9.17, 15) is 14.4 Å². The zero-order chi connectivity index (χ0) is 13.8. The van der Waals surface area contributed by atoms with Crippen LogP contribution in [0.1, 0.15) is 19.3 Å². The Bertz CT molecular complexity index is 385. The number of urea groups is 1. The van der Waals surface area contributed by atoms with Gasteiger partial charge in [-0.15, -0.1) is 0 Å². The van der Waals surface area contributed by atoms with Gasteiger partial charge in [0.1, 0.15) is 0 Å². The molecular weight excluding hydrogens is 248 g/mol. The molecule has 0 aromatic carbocycles. The molecule has 0 spiro atoms. The molecule has 2 rings (SSSR count). The Balaban J connectivity index is 1.97. The molecule has 1 atom stereocenters. The SMILES string of the molecule is NC(=O)N1CCCC(C(=O)N2CCCNC(=O)C2)C1. The molecule has 19 heavy (non-hydrogen) atoms. The van der Waals surface area contributed by atoms with E-state index >= 15 is 0 Å². The second-order valence-electron chi connectivity index (χ2n) is 5.09. The summed E-state index contributed by atoms with van der Waals surface area (Å²) in [5.74, 6) is -0.386. The molecular formula is C12H20N4O3. The van der Waals surface area contributed by atoms with Gasteiger partial charge < -0.3 is 20.9 Å². The first-order chi connectivity index (χ1) is 9.08. The Kier molecular flexibility index (Phi) is 4.24. The van der Waals surface area contributed by atoms with Gasteiger partial charge in [-0.25, -0.2) is 4.79 Å². The molecule has 3 N–H and O–H groups in total. The maximum absolute atomic E-state index is 12.4. The topological polar surface area (TPSA) is 95.7 Å². The molecule has 2 saturated heterocycles. The molecule has 0 radical (unpaired) electrons. The van der Waals surface area contributed by atoms with Gasteiger partial charge >= 0.3 is 6.03 Å². The van der Waals surface area contributed by atoms with Crippen molar-refractivity contribution >= 4 is 17.8 Å². The summed E-state index contributed by atoms with van der Waals surface area (Å²) in [5.41, 5.74) is 5.25. The van der Waals surface area contributed by atoms with E-state index in [4.69, 9.17) is 5.73 Å². The van der Waals surface area contributed by atoms with Crippen molar-refractivity contribution in [3.05, 3.63) is 0 Å². The quantitative estimate of drug-likeness (QED) is 0.647. The van der Waals surface area contributed by atoms with Crippen LogP contribution in [0.3, 0.4) is 0 Å². The summed E-state index contributed by atoms with van der Waals surface area (Å²) in [6.07, 6.45) is 2.30. The maximum Gasteiger partial charge on any atom is 0.314 e. The van der Waals surface area contributed by atoms with Gasteiger partial charge in [0.25, 0.3) is 0 Å². The van der Waals surface area contributed by atoms with Crippen molar-refractivity contribution in [2.45, 2.75) is 19.3 Å². The van der Waals surface area contributed by atoms with E-state index < -0.39 is 6.03 Å². The summed E-state index contributed by atoms with van der Waals surface area (Å²) >= 11 is 0. The second-order valence-corrected chi connectivity index (χ2v) is 5.09. The summed E-state index contributed by atoms with van der Waals surface area (Å²) in [4.78, 5) is 38.1. The van der Waals surface area contributed by atoms with E-state index in [1.54, 1.807) is 4.90 Å². The van der Waals surface area contributed by atoms with Gasteiger partial charge in [-0.2, -0.15) is 0 Å². The number of nitrogens with two attached hydrogens (primary N) is 1. The third-order valence-electron chi connectivity index (χ3n) is 3.66. The molecule has 2 heterocycles. The average Bonchev–Trinajstić information content (AvgIpc) is 2.62. The molecule has 7 heteroatoms. The highest BCUT2D eigenvalue weighted by atomic mass is 16.2. The van der Waals surface area contributed by atoms with Gasteiger partial charge in [0.05, 0.1) is 12.5 Å². The average molecular weight is 268 g/mol. The van der Waals surface area contributed by atoms with Crippen LogP contribution in [0.4, 0.5) is 4.79 Å². The number of carbonyl (C=O) groups is 3. The van der Waals surface area contributed by atoms with Crippen LogP contribution >= 0.6 is 0 Å². The minimum atomic E-state index is -0.480. The predicted octanol–water partition coefficient (Wildman–Crippen LogP) is -0.874. The number of primary amides is 1. The molecule has 0 aromatic rings. The minimum Gasteiger partial charge on any atom is -0.354 e. The third kappa shape index (κ3) is 3.36. The van der Waals surface area contributed by atoms with Crippen LogP contribution in [-0.4, -0.2) is 60.4 Å². The van der Waals surface area contributed by atoms with Crippen molar-refractivity contribution in [1.29, 1.82) is 0 Å². The van der Waals surface area contributed by atoms with Gasteiger partial charge in [-0.1, -0.05) is 0 Å². The first kappa shape index (κ1) is 13.6. The highest BCUT2D eigenvalue weighted by Gasteiger charge is 2.31. The Morgan fingerprint density at radius 1 is 1.21 bits per heavy atom. The van der Waals surface area contributed by atoms with Gasteiger partial charge in [0.2, 0.25) is 11.8 Å². The minimum absolute atomic E-state index is 0.0389. The largest absolute Gasteiger partial charge is 0.354 e. The van der Waals surface area contributed by atoms with Gasteiger partial charge in [-0.3, -0.25) is 9.59 Å².